The van der Waals surface area contributed by atoms with Gasteiger partial charge in [-0.05, 0) is 31.9 Å². The number of carbonyl (C=O) groups is 1. The summed E-state index contributed by atoms with van der Waals surface area (Å²) in [6.07, 6.45) is 1.06. The third-order valence-corrected chi connectivity index (χ3v) is 7.21. The standard InChI is InChI=1S/C30H32N4O2/c1-21-19-33(14-15-34(21)27(35)16-22-10-6-4-7-11-22)29-25(18-31)24-17-30(2,3)36-20-26(24)28(32-29)23-12-8-5-9-13-23/h4-13,21H,14-17,19-20H2,1-3H3. The molecule has 0 aliphatic carbocycles. The fourth-order valence-electron chi connectivity index (χ4n) is 5.33. The molecule has 0 saturated carbocycles. The molecule has 6 nitrogen and oxygen atoms in total. The van der Waals surface area contributed by atoms with Crippen LogP contribution in [0.1, 0.15) is 43.0 Å². The smallest absolute Gasteiger partial charge is 0.227 e. The van der Waals surface area contributed by atoms with Crippen molar-refractivity contribution >= 4 is 11.7 Å². The largest absolute Gasteiger partial charge is 0.370 e. The maximum atomic E-state index is 13.1. The number of amides is 1. The lowest BCUT2D eigenvalue weighted by atomic mass is 9.86. The Labute approximate surface area is 213 Å². The van der Waals surface area contributed by atoms with Crippen LogP contribution in [-0.2, 0) is 29.0 Å². The van der Waals surface area contributed by atoms with E-state index < -0.39 is 0 Å². The van der Waals surface area contributed by atoms with Gasteiger partial charge in [-0.25, -0.2) is 4.98 Å². The molecule has 36 heavy (non-hydrogen) atoms. The molecule has 184 valence electrons. The van der Waals surface area contributed by atoms with Gasteiger partial charge in [-0.3, -0.25) is 4.79 Å². The molecule has 3 heterocycles. The zero-order valence-corrected chi connectivity index (χ0v) is 21.2. The van der Waals surface area contributed by atoms with Crippen molar-refractivity contribution in [3.8, 4) is 17.3 Å². The van der Waals surface area contributed by atoms with E-state index in [1.807, 2.05) is 53.4 Å². The average Bonchev–Trinajstić information content (AvgIpc) is 2.88. The zero-order chi connectivity index (χ0) is 25.3. The van der Waals surface area contributed by atoms with Crippen LogP contribution in [0.2, 0.25) is 0 Å². The van der Waals surface area contributed by atoms with E-state index in [4.69, 9.17) is 9.72 Å². The molecule has 1 aromatic heterocycles. The van der Waals surface area contributed by atoms with Crippen LogP contribution in [0.4, 0.5) is 5.82 Å². The lowest BCUT2D eigenvalue weighted by molar-refractivity contribution is -0.132. The molecule has 2 aromatic carbocycles. The number of hydrogen-bond donors (Lipinski definition) is 0. The van der Waals surface area contributed by atoms with Crippen molar-refractivity contribution in [1.29, 1.82) is 5.26 Å². The first-order valence-corrected chi connectivity index (χ1v) is 12.6. The van der Waals surface area contributed by atoms with Crippen LogP contribution in [0.15, 0.2) is 60.7 Å². The van der Waals surface area contributed by atoms with Crippen molar-refractivity contribution in [2.24, 2.45) is 0 Å². The Morgan fingerprint density at radius 1 is 1.08 bits per heavy atom. The Balaban J connectivity index is 1.47. The number of benzene rings is 2. The Morgan fingerprint density at radius 3 is 2.44 bits per heavy atom. The Bertz CT molecular complexity index is 1300. The van der Waals surface area contributed by atoms with Crippen molar-refractivity contribution in [1.82, 2.24) is 9.88 Å². The highest BCUT2D eigenvalue weighted by atomic mass is 16.5. The minimum absolute atomic E-state index is 0.0132. The van der Waals surface area contributed by atoms with Gasteiger partial charge in [0.05, 0.1) is 29.9 Å². The molecular formula is C30H32N4O2. The summed E-state index contributed by atoms with van der Waals surface area (Å²) in [6.45, 7) is 8.53. The number of ether oxygens (including phenoxy) is 1. The molecule has 0 N–H and O–H groups in total. The van der Waals surface area contributed by atoms with E-state index in [1.54, 1.807) is 0 Å². The van der Waals surface area contributed by atoms with Crippen molar-refractivity contribution in [3.05, 3.63) is 82.9 Å². The Kier molecular flexibility index (Phi) is 6.51. The summed E-state index contributed by atoms with van der Waals surface area (Å²) in [5, 5.41) is 10.3. The molecule has 2 aliphatic rings. The summed E-state index contributed by atoms with van der Waals surface area (Å²) < 4.78 is 6.14. The van der Waals surface area contributed by atoms with E-state index in [-0.39, 0.29) is 17.6 Å². The van der Waals surface area contributed by atoms with E-state index in [0.29, 0.717) is 44.6 Å². The number of fused-ring (bicyclic) bond motifs is 1. The molecule has 1 saturated heterocycles. The fraction of sp³-hybridized carbons (Fsp3) is 0.367. The van der Waals surface area contributed by atoms with E-state index in [9.17, 15) is 10.1 Å². The molecule has 1 fully saturated rings. The number of nitriles is 1. The number of anilines is 1. The van der Waals surface area contributed by atoms with Crippen LogP contribution in [0.25, 0.3) is 11.3 Å². The Morgan fingerprint density at radius 2 is 1.78 bits per heavy atom. The maximum absolute atomic E-state index is 13.1. The molecule has 3 aromatic rings. The van der Waals surface area contributed by atoms with Gasteiger partial charge in [-0.1, -0.05) is 60.7 Å². The molecular weight excluding hydrogens is 448 g/mol. The van der Waals surface area contributed by atoms with Crippen molar-refractivity contribution < 1.29 is 9.53 Å². The van der Waals surface area contributed by atoms with Crippen molar-refractivity contribution in [2.45, 2.75) is 51.9 Å². The molecule has 1 atom stereocenters. The number of carbonyl (C=O) groups excluding carboxylic acids is 1. The zero-order valence-electron chi connectivity index (χ0n) is 21.2. The minimum atomic E-state index is -0.346. The minimum Gasteiger partial charge on any atom is -0.370 e. The number of nitrogens with zero attached hydrogens (tertiary/aromatic N) is 4. The number of pyridine rings is 1. The van der Waals surface area contributed by atoms with Gasteiger partial charge in [-0.2, -0.15) is 5.26 Å². The summed E-state index contributed by atoms with van der Waals surface area (Å²) in [4.78, 5) is 22.3. The van der Waals surface area contributed by atoms with Gasteiger partial charge in [0.15, 0.2) is 0 Å². The van der Waals surface area contributed by atoms with Gasteiger partial charge < -0.3 is 14.5 Å². The summed E-state index contributed by atoms with van der Waals surface area (Å²) in [7, 11) is 0. The van der Waals surface area contributed by atoms with Gasteiger partial charge >= 0.3 is 0 Å². The van der Waals surface area contributed by atoms with E-state index in [1.165, 1.54) is 0 Å². The molecule has 5 rings (SSSR count). The topological polar surface area (TPSA) is 69.5 Å². The number of hydrogen-bond acceptors (Lipinski definition) is 5. The normalized spacial score (nSPS) is 18.9. The molecule has 0 spiro atoms. The van der Waals surface area contributed by atoms with E-state index >= 15 is 0 Å². The van der Waals surface area contributed by atoms with Gasteiger partial charge in [0.1, 0.15) is 11.9 Å². The quantitative estimate of drug-likeness (QED) is 0.539. The van der Waals surface area contributed by atoms with Crippen LogP contribution in [0, 0.1) is 11.3 Å². The van der Waals surface area contributed by atoms with Crippen molar-refractivity contribution in [2.75, 3.05) is 24.5 Å². The Hall–Kier alpha value is -3.69. The summed E-state index contributed by atoms with van der Waals surface area (Å²) in [5.41, 5.74) is 5.26. The molecule has 2 aliphatic heterocycles. The molecule has 0 radical (unpaired) electrons. The van der Waals surface area contributed by atoms with E-state index in [0.717, 1.165) is 33.8 Å². The van der Waals surface area contributed by atoms with Gasteiger partial charge in [-0.15, -0.1) is 0 Å². The van der Waals surface area contributed by atoms with Crippen molar-refractivity contribution in [3.63, 3.8) is 0 Å². The van der Waals surface area contributed by atoms with Crippen LogP contribution in [0.3, 0.4) is 0 Å². The van der Waals surface area contributed by atoms with Crippen LogP contribution in [-0.4, -0.2) is 47.1 Å². The highest BCUT2D eigenvalue weighted by molar-refractivity contribution is 5.79. The third-order valence-electron chi connectivity index (χ3n) is 7.21. The number of aromatic nitrogens is 1. The summed E-state index contributed by atoms with van der Waals surface area (Å²) in [6, 6.07) is 22.5. The van der Waals surface area contributed by atoms with Gasteiger partial charge in [0, 0.05) is 43.2 Å². The van der Waals surface area contributed by atoms with Crippen LogP contribution >= 0.6 is 0 Å². The van der Waals surface area contributed by atoms with E-state index in [2.05, 4.69) is 43.9 Å². The first-order chi connectivity index (χ1) is 17.4. The predicted molar refractivity (Wildman–Crippen MR) is 140 cm³/mol. The summed E-state index contributed by atoms with van der Waals surface area (Å²) >= 11 is 0. The highest BCUT2D eigenvalue weighted by Crippen LogP contribution is 2.39. The second-order valence-corrected chi connectivity index (χ2v) is 10.4. The average molecular weight is 481 g/mol. The van der Waals surface area contributed by atoms with Gasteiger partial charge in [0.2, 0.25) is 5.91 Å². The molecule has 1 unspecified atom stereocenters. The first-order valence-electron chi connectivity index (χ1n) is 12.6. The number of piperazine rings is 1. The number of rotatable bonds is 4. The first kappa shape index (κ1) is 24.0. The lowest BCUT2D eigenvalue weighted by Gasteiger charge is -2.42. The third kappa shape index (κ3) is 4.72. The van der Waals surface area contributed by atoms with Crippen LogP contribution in [0.5, 0.6) is 0 Å². The summed E-state index contributed by atoms with van der Waals surface area (Å²) in [5.74, 6) is 0.853. The maximum Gasteiger partial charge on any atom is 0.227 e. The second kappa shape index (κ2) is 9.75. The highest BCUT2D eigenvalue weighted by Gasteiger charge is 2.35. The SMILES string of the molecule is CC1CN(c2nc(-c3ccccc3)c3c(c2C#N)CC(C)(C)OC3)CCN1C(=O)Cc1ccccc1. The predicted octanol–water partition coefficient (Wildman–Crippen LogP) is 4.75. The van der Waals surface area contributed by atoms with Gasteiger partial charge in [0.25, 0.3) is 0 Å². The molecule has 1 amide bonds. The van der Waals surface area contributed by atoms with Crippen LogP contribution < -0.4 is 4.90 Å². The fourth-order valence-corrected chi connectivity index (χ4v) is 5.33. The molecule has 0 bridgehead atoms. The second-order valence-electron chi connectivity index (χ2n) is 10.4. The monoisotopic (exact) mass is 480 g/mol. The molecule has 6 heteroatoms. The lowest BCUT2D eigenvalue weighted by Crippen LogP contribution is -2.55.